The number of hydrogen-bond acceptors (Lipinski definition) is 4. The Kier molecular flexibility index (Phi) is 5.78. The zero-order valence-electron chi connectivity index (χ0n) is 18.5. The van der Waals surface area contributed by atoms with Gasteiger partial charge >= 0.3 is 0 Å². The Bertz CT molecular complexity index is 1270. The summed E-state index contributed by atoms with van der Waals surface area (Å²) in [5.74, 6) is -3.22. The summed E-state index contributed by atoms with van der Waals surface area (Å²) in [5, 5.41) is 28.1. The molecule has 0 radical (unpaired) electrons. The van der Waals surface area contributed by atoms with Crippen molar-refractivity contribution in [3.05, 3.63) is 70.8 Å². The molecule has 1 atom stereocenters. The molecule has 1 fully saturated rings. The molecule has 0 aliphatic carbocycles. The smallest absolute Gasteiger partial charge is 0.150 e. The van der Waals surface area contributed by atoms with Crippen molar-refractivity contribution in [1.29, 1.82) is 0 Å². The van der Waals surface area contributed by atoms with E-state index in [9.17, 15) is 23.4 Å². The molecule has 2 heterocycles. The van der Waals surface area contributed by atoms with E-state index in [0.29, 0.717) is 24.1 Å². The number of aryl methyl sites for hydroxylation is 1. The monoisotopic (exact) mass is 457 g/mol. The van der Waals surface area contributed by atoms with Gasteiger partial charge in [0.2, 0.25) is 0 Å². The molecule has 2 aromatic carbocycles. The molecule has 0 spiro atoms. The lowest BCUT2D eigenvalue weighted by Crippen LogP contribution is -2.28. The molecular formula is C25H26F3N3O2. The molecule has 0 bridgehead atoms. The van der Waals surface area contributed by atoms with E-state index in [4.69, 9.17) is 0 Å². The predicted molar refractivity (Wildman–Crippen MR) is 123 cm³/mol. The van der Waals surface area contributed by atoms with Crippen molar-refractivity contribution >= 4 is 10.9 Å². The molecule has 1 saturated heterocycles. The number of benzene rings is 2. The van der Waals surface area contributed by atoms with Gasteiger partial charge in [-0.15, -0.1) is 0 Å². The van der Waals surface area contributed by atoms with Gasteiger partial charge in [-0.3, -0.25) is 0 Å². The second-order valence-corrected chi connectivity index (χ2v) is 8.47. The third-order valence-electron chi connectivity index (χ3n) is 6.29. The van der Waals surface area contributed by atoms with Crippen molar-refractivity contribution in [3.63, 3.8) is 0 Å². The number of phenols is 2. The number of H-pyrrole nitrogens is 1. The van der Waals surface area contributed by atoms with Crippen LogP contribution in [0.25, 0.3) is 22.2 Å². The second-order valence-electron chi connectivity index (χ2n) is 8.47. The van der Waals surface area contributed by atoms with E-state index in [1.54, 1.807) is 0 Å². The molecule has 0 amide bonds. The van der Waals surface area contributed by atoms with Crippen LogP contribution in [0.3, 0.4) is 0 Å². The van der Waals surface area contributed by atoms with Crippen LogP contribution in [0.5, 0.6) is 11.5 Å². The maximum absolute atomic E-state index is 14.6. The number of fused-ring (bicyclic) bond motifs is 1. The molecule has 0 saturated carbocycles. The Morgan fingerprint density at radius 2 is 1.82 bits per heavy atom. The maximum Gasteiger partial charge on any atom is 0.150 e. The van der Waals surface area contributed by atoms with E-state index >= 15 is 0 Å². The predicted octanol–water partition coefficient (Wildman–Crippen LogP) is 5.19. The first kappa shape index (κ1) is 22.6. The quantitative estimate of drug-likeness (QED) is 0.353. The minimum Gasteiger partial charge on any atom is -0.507 e. The number of phenolic OH excluding ortho intramolecular Hbond substituents is 2. The molecule has 4 rings (SSSR count). The van der Waals surface area contributed by atoms with Crippen LogP contribution < -0.4 is 10.6 Å². The summed E-state index contributed by atoms with van der Waals surface area (Å²) in [4.78, 5) is 2.88. The van der Waals surface area contributed by atoms with Crippen LogP contribution in [0.1, 0.15) is 29.5 Å². The number of aromatic amines is 1. The van der Waals surface area contributed by atoms with Gasteiger partial charge in [0, 0.05) is 40.5 Å². The van der Waals surface area contributed by atoms with Crippen molar-refractivity contribution in [3.8, 4) is 22.8 Å². The average Bonchev–Trinajstić information content (AvgIpc) is 3.33. The van der Waals surface area contributed by atoms with E-state index < -0.39 is 29.0 Å². The minimum atomic E-state index is -0.808. The van der Waals surface area contributed by atoms with E-state index in [0.717, 1.165) is 24.7 Å². The number of halogens is 3. The van der Waals surface area contributed by atoms with Gasteiger partial charge in [-0.05, 0) is 44.7 Å². The molecule has 1 unspecified atom stereocenters. The summed E-state index contributed by atoms with van der Waals surface area (Å²) in [6, 6.07) is 2.00. The Balaban J connectivity index is 1.80. The Morgan fingerprint density at radius 1 is 1.15 bits per heavy atom. The lowest BCUT2D eigenvalue weighted by atomic mass is 9.95. The highest BCUT2D eigenvalue weighted by Crippen LogP contribution is 2.46. The van der Waals surface area contributed by atoms with Gasteiger partial charge in [0.25, 0.3) is 0 Å². The third kappa shape index (κ3) is 3.90. The van der Waals surface area contributed by atoms with E-state index in [1.807, 2.05) is 0 Å². The molecule has 3 aromatic rings. The number of nitrogens with one attached hydrogen (secondary N) is 3. The lowest BCUT2D eigenvalue weighted by molar-refractivity contribution is 0.436. The van der Waals surface area contributed by atoms with Crippen molar-refractivity contribution in [2.24, 2.45) is 0 Å². The van der Waals surface area contributed by atoms with Gasteiger partial charge < -0.3 is 25.8 Å². The first-order chi connectivity index (χ1) is 15.6. The zero-order valence-corrected chi connectivity index (χ0v) is 18.5. The normalized spacial score (nSPS) is 15.8. The summed E-state index contributed by atoms with van der Waals surface area (Å²) in [7, 11) is 0. The fraction of sp³-hybridized carbons (Fsp3) is 0.280. The summed E-state index contributed by atoms with van der Waals surface area (Å²) < 4.78 is 43.1. The Labute approximate surface area is 189 Å². The number of aromatic hydroxyl groups is 2. The molecule has 5 N–H and O–H groups in total. The topological polar surface area (TPSA) is 80.3 Å². The number of rotatable bonds is 6. The average molecular weight is 457 g/mol. The lowest BCUT2D eigenvalue weighted by Gasteiger charge is -2.17. The third-order valence-corrected chi connectivity index (χ3v) is 6.29. The maximum atomic E-state index is 14.6. The van der Waals surface area contributed by atoms with Gasteiger partial charge in [-0.25, -0.2) is 13.2 Å². The first-order valence-corrected chi connectivity index (χ1v) is 10.7. The summed E-state index contributed by atoms with van der Waals surface area (Å²) in [5.41, 5.74) is 2.16. The van der Waals surface area contributed by atoms with Gasteiger partial charge in [-0.1, -0.05) is 13.2 Å². The summed E-state index contributed by atoms with van der Waals surface area (Å²) in [6.45, 7) is 11.6. The summed E-state index contributed by atoms with van der Waals surface area (Å²) >= 11 is 0. The SMILES string of the molecule is C=C(CCc1c(-c2c(O)c(C)c(F)c(C)c2O)[nH]c2c(F)cc(F)cc12)NC1CCNC1=C. The van der Waals surface area contributed by atoms with Crippen LogP contribution in [-0.2, 0) is 6.42 Å². The van der Waals surface area contributed by atoms with Crippen molar-refractivity contribution in [1.82, 2.24) is 15.6 Å². The molecular weight excluding hydrogens is 431 g/mol. The van der Waals surface area contributed by atoms with Gasteiger partial charge in [0.05, 0.1) is 22.8 Å². The second kappa shape index (κ2) is 8.42. The van der Waals surface area contributed by atoms with E-state index in [1.165, 1.54) is 19.9 Å². The highest BCUT2D eigenvalue weighted by Gasteiger charge is 2.26. The largest absolute Gasteiger partial charge is 0.507 e. The number of aromatic nitrogens is 1. The van der Waals surface area contributed by atoms with Crippen LogP contribution >= 0.6 is 0 Å². The van der Waals surface area contributed by atoms with Crippen molar-refractivity contribution < 1.29 is 23.4 Å². The molecule has 174 valence electrons. The zero-order chi connectivity index (χ0) is 24.0. The first-order valence-electron chi connectivity index (χ1n) is 10.7. The van der Waals surface area contributed by atoms with Gasteiger partial charge in [0.15, 0.2) is 0 Å². The van der Waals surface area contributed by atoms with Crippen LogP contribution in [0.4, 0.5) is 13.2 Å². The molecule has 5 nitrogen and oxygen atoms in total. The van der Waals surface area contributed by atoms with Crippen molar-refractivity contribution in [2.45, 2.75) is 39.2 Å². The van der Waals surface area contributed by atoms with Gasteiger partial charge in [0.1, 0.15) is 29.0 Å². The van der Waals surface area contributed by atoms with E-state index in [-0.39, 0.29) is 39.3 Å². The van der Waals surface area contributed by atoms with Crippen LogP contribution in [0, 0.1) is 31.3 Å². The van der Waals surface area contributed by atoms with Crippen LogP contribution in [-0.4, -0.2) is 27.8 Å². The molecule has 1 aliphatic heterocycles. The van der Waals surface area contributed by atoms with Crippen molar-refractivity contribution in [2.75, 3.05) is 6.54 Å². The number of hydrogen-bond donors (Lipinski definition) is 5. The molecule has 1 aromatic heterocycles. The molecule has 33 heavy (non-hydrogen) atoms. The number of allylic oxidation sites excluding steroid dienone is 1. The van der Waals surface area contributed by atoms with Crippen LogP contribution in [0.2, 0.25) is 0 Å². The Morgan fingerprint density at radius 3 is 2.42 bits per heavy atom. The van der Waals surface area contributed by atoms with Gasteiger partial charge in [-0.2, -0.15) is 0 Å². The highest BCUT2D eigenvalue weighted by molar-refractivity contribution is 5.94. The Hall–Kier alpha value is -3.55. The highest BCUT2D eigenvalue weighted by atomic mass is 19.1. The van der Waals surface area contributed by atoms with E-state index in [2.05, 4.69) is 28.8 Å². The fourth-order valence-corrected chi connectivity index (χ4v) is 4.39. The minimum absolute atomic E-state index is 0.0340. The van der Waals surface area contributed by atoms with Crippen LogP contribution in [0.15, 0.2) is 36.7 Å². The molecule has 8 heteroatoms. The fourth-order valence-electron chi connectivity index (χ4n) is 4.39. The molecule has 1 aliphatic rings. The standard InChI is InChI=1S/C25H26F3N3O2/c1-11(30-19-7-8-29-14(19)4)5-6-16-17-9-15(26)10-18(27)22(17)31-23(16)20-24(32)12(2)21(28)13(3)25(20)33/h9-10,19,29-33H,1,4-8H2,2-3H3. The summed E-state index contributed by atoms with van der Waals surface area (Å²) in [6.07, 6.45) is 1.58.